The zero-order valence-electron chi connectivity index (χ0n) is 15.1. The molecule has 7 nitrogen and oxygen atoms in total. The maximum absolute atomic E-state index is 13.4. The first-order valence-corrected chi connectivity index (χ1v) is 10.1. The lowest BCUT2D eigenvalue weighted by Crippen LogP contribution is -2.45. The SMILES string of the molecule is Cc1cncc2cccc(S(=O)(=O)N3CCCN(C(=O)CN)C[C@@H]3C)c12. The predicted molar refractivity (Wildman–Crippen MR) is 100 cm³/mol. The van der Waals surface area contributed by atoms with Crippen LogP contribution in [0.1, 0.15) is 18.9 Å². The van der Waals surface area contributed by atoms with E-state index >= 15 is 0 Å². The highest BCUT2D eigenvalue weighted by Crippen LogP contribution is 2.29. The highest BCUT2D eigenvalue weighted by Gasteiger charge is 2.34. The van der Waals surface area contributed by atoms with Crippen LogP contribution in [0, 0.1) is 6.92 Å². The molecule has 0 bridgehead atoms. The van der Waals surface area contributed by atoms with E-state index < -0.39 is 10.0 Å². The van der Waals surface area contributed by atoms with Gasteiger partial charge in [-0.05, 0) is 31.9 Å². The molecule has 1 aromatic carbocycles. The molecule has 2 heterocycles. The van der Waals surface area contributed by atoms with Crippen molar-refractivity contribution in [2.45, 2.75) is 31.2 Å². The molecule has 2 aromatic rings. The number of hydrogen-bond donors (Lipinski definition) is 1. The Morgan fingerprint density at radius 3 is 2.81 bits per heavy atom. The molecule has 1 fully saturated rings. The summed E-state index contributed by atoms with van der Waals surface area (Å²) in [6.45, 7) is 4.87. The van der Waals surface area contributed by atoms with Crippen LogP contribution in [-0.4, -0.2) is 60.7 Å². The van der Waals surface area contributed by atoms with E-state index in [0.29, 0.717) is 36.3 Å². The Morgan fingerprint density at radius 2 is 2.08 bits per heavy atom. The molecule has 1 saturated heterocycles. The number of aryl methyl sites for hydroxylation is 1. The number of nitrogens with zero attached hydrogens (tertiary/aromatic N) is 3. The molecule has 0 unspecified atom stereocenters. The zero-order valence-corrected chi connectivity index (χ0v) is 15.9. The maximum Gasteiger partial charge on any atom is 0.244 e. The summed E-state index contributed by atoms with van der Waals surface area (Å²) >= 11 is 0. The highest BCUT2D eigenvalue weighted by molar-refractivity contribution is 7.89. The predicted octanol–water partition coefficient (Wildman–Crippen LogP) is 1.11. The van der Waals surface area contributed by atoms with E-state index in [4.69, 9.17) is 5.73 Å². The van der Waals surface area contributed by atoms with E-state index in [9.17, 15) is 13.2 Å². The summed E-state index contributed by atoms with van der Waals surface area (Å²) in [5.41, 5.74) is 6.28. The van der Waals surface area contributed by atoms with Crippen molar-refractivity contribution in [2.75, 3.05) is 26.2 Å². The third-order valence-corrected chi connectivity index (χ3v) is 6.89. The molecule has 1 amide bonds. The second-order valence-corrected chi connectivity index (χ2v) is 8.53. The van der Waals surface area contributed by atoms with Crippen LogP contribution in [0.2, 0.25) is 0 Å². The number of carbonyl (C=O) groups is 1. The maximum atomic E-state index is 13.4. The molecular formula is C18H24N4O3S. The minimum Gasteiger partial charge on any atom is -0.340 e. The van der Waals surface area contributed by atoms with E-state index in [1.807, 2.05) is 19.9 Å². The number of sulfonamides is 1. The van der Waals surface area contributed by atoms with Crippen LogP contribution in [0.15, 0.2) is 35.5 Å². The molecule has 1 aliphatic rings. The molecule has 1 aliphatic heterocycles. The first-order valence-electron chi connectivity index (χ1n) is 8.69. The Morgan fingerprint density at radius 1 is 1.31 bits per heavy atom. The first kappa shape index (κ1) is 18.8. The van der Waals surface area contributed by atoms with Gasteiger partial charge in [-0.25, -0.2) is 8.42 Å². The average molecular weight is 376 g/mol. The lowest BCUT2D eigenvalue weighted by atomic mass is 10.1. The Hall–Kier alpha value is -2.03. The van der Waals surface area contributed by atoms with Gasteiger partial charge in [0.15, 0.2) is 0 Å². The summed E-state index contributed by atoms with van der Waals surface area (Å²) < 4.78 is 28.4. The molecule has 1 aromatic heterocycles. The summed E-state index contributed by atoms with van der Waals surface area (Å²) in [5, 5.41) is 1.50. The molecule has 0 radical (unpaired) electrons. The van der Waals surface area contributed by atoms with Crippen molar-refractivity contribution in [1.82, 2.24) is 14.2 Å². The second kappa shape index (κ2) is 7.30. The number of amides is 1. The van der Waals surface area contributed by atoms with Crippen LogP contribution in [0.5, 0.6) is 0 Å². The van der Waals surface area contributed by atoms with Crippen molar-refractivity contribution < 1.29 is 13.2 Å². The largest absolute Gasteiger partial charge is 0.340 e. The summed E-state index contributed by atoms with van der Waals surface area (Å²) in [6, 6.07) is 4.92. The molecule has 140 valence electrons. The third-order valence-electron chi connectivity index (χ3n) is 4.83. The van der Waals surface area contributed by atoms with Crippen LogP contribution < -0.4 is 5.73 Å². The van der Waals surface area contributed by atoms with Crippen LogP contribution in [0.3, 0.4) is 0 Å². The number of pyridine rings is 1. The van der Waals surface area contributed by atoms with Crippen molar-refractivity contribution in [3.8, 4) is 0 Å². The number of benzene rings is 1. The van der Waals surface area contributed by atoms with E-state index in [-0.39, 0.29) is 18.5 Å². The Bertz CT molecular complexity index is 924. The summed E-state index contributed by atoms with van der Waals surface area (Å²) in [4.78, 5) is 18.0. The fourth-order valence-corrected chi connectivity index (χ4v) is 5.51. The zero-order chi connectivity index (χ0) is 18.9. The van der Waals surface area contributed by atoms with Gasteiger partial charge in [-0.2, -0.15) is 4.31 Å². The van der Waals surface area contributed by atoms with Crippen molar-refractivity contribution in [1.29, 1.82) is 0 Å². The van der Waals surface area contributed by atoms with Gasteiger partial charge in [0.25, 0.3) is 0 Å². The van der Waals surface area contributed by atoms with Gasteiger partial charge in [0.2, 0.25) is 15.9 Å². The fourth-order valence-electron chi connectivity index (χ4n) is 3.56. The van der Waals surface area contributed by atoms with Gasteiger partial charge in [-0.15, -0.1) is 0 Å². The summed E-state index contributed by atoms with van der Waals surface area (Å²) in [6.07, 6.45) is 3.93. The van der Waals surface area contributed by atoms with Crippen LogP contribution in [-0.2, 0) is 14.8 Å². The van der Waals surface area contributed by atoms with Crippen LogP contribution >= 0.6 is 0 Å². The highest BCUT2D eigenvalue weighted by atomic mass is 32.2. The van der Waals surface area contributed by atoms with Crippen molar-refractivity contribution in [2.24, 2.45) is 5.73 Å². The van der Waals surface area contributed by atoms with Crippen LogP contribution in [0.25, 0.3) is 10.8 Å². The normalized spacial score (nSPS) is 19.5. The monoisotopic (exact) mass is 376 g/mol. The van der Waals surface area contributed by atoms with E-state index in [2.05, 4.69) is 4.98 Å². The number of aromatic nitrogens is 1. The Balaban J connectivity index is 2.02. The molecule has 0 saturated carbocycles. The van der Waals surface area contributed by atoms with Gasteiger partial charge in [-0.3, -0.25) is 9.78 Å². The lowest BCUT2D eigenvalue weighted by molar-refractivity contribution is -0.129. The minimum absolute atomic E-state index is 0.0605. The standard InChI is InChI=1S/C18H24N4O3S/c1-13-10-20-11-15-5-3-6-16(18(13)15)26(24,25)22-8-4-7-21(12-14(22)2)17(23)9-19/h3,5-6,10-11,14H,4,7-9,12,19H2,1-2H3/t14-/m0/s1. The minimum atomic E-state index is -3.70. The number of fused-ring (bicyclic) bond motifs is 1. The Labute approximate surface area is 153 Å². The fraction of sp³-hybridized carbons (Fsp3) is 0.444. The van der Waals surface area contributed by atoms with Crippen molar-refractivity contribution in [3.05, 3.63) is 36.2 Å². The summed E-state index contributed by atoms with van der Waals surface area (Å²) in [5.74, 6) is -0.150. The van der Waals surface area contributed by atoms with Gasteiger partial charge < -0.3 is 10.6 Å². The smallest absolute Gasteiger partial charge is 0.244 e. The number of carbonyl (C=O) groups excluding carboxylic acids is 1. The van der Waals surface area contributed by atoms with Crippen LogP contribution in [0.4, 0.5) is 0 Å². The van der Waals surface area contributed by atoms with E-state index in [1.165, 1.54) is 4.31 Å². The molecular weight excluding hydrogens is 352 g/mol. The van der Waals surface area contributed by atoms with Gasteiger partial charge >= 0.3 is 0 Å². The molecule has 1 atom stereocenters. The topological polar surface area (TPSA) is 96.6 Å². The van der Waals surface area contributed by atoms with Gasteiger partial charge in [0, 0.05) is 48.8 Å². The number of nitrogens with two attached hydrogens (primary N) is 1. The molecule has 8 heteroatoms. The number of rotatable bonds is 3. The first-order chi connectivity index (χ1) is 12.4. The molecule has 0 spiro atoms. The van der Waals surface area contributed by atoms with Crippen molar-refractivity contribution in [3.63, 3.8) is 0 Å². The summed E-state index contributed by atoms with van der Waals surface area (Å²) in [7, 11) is -3.70. The molecule has 3 rings (SSSR count). The van der Waals surface area contributed by atoms with E-state index in [1.54, 1.807) is 29.4 Å². The van der Waals surface area contributed by atoms with Gasteiger partial charge in [0.05, 0.1) is 11.4 Å². The number of hydrogen-bond acceptors (Lipinski definition) is 5. The Kier molecular flexibility index (Phi) is 5.27. The second-order valence-electron chi connectivity index (χ2n) is 6.67. The molecule has 0 aliphatic carbocycles. The quantitative estimate of drug-likeness (QED) is 0.866. The lowest BCUT2D eigenvalue weighted by Gasteiger charge is -2.28. The average Bonchev–Trinajstić information content (AvgIpc) is 2.83. The van der Waals surface area contributed by atoms with E-state index in [0.717, 1.165) is 10.9 Å². The van der Waals surface area contributed by atoms with Crippen molar-refractivity contribution >= 4 is 26.7 Å². The molecule has 2 N–H and O–H groups in total. The van der Waals surface area contributed by atoms with Gasteiger partial charge in [0.1, 0.15) is 0 Å². The molecule has 26 heavy (non-hydrogen) atoms. The van der Waals surface area contributed by atoms with Gasteiger partial charge in [-0.1, -0.05) is 12.1 Å². The third kappa shape index (κ3) is 3.32.